The quantitative estimate of drug-likeness (QED) is 0.302. The van der Waals surface area contributed by atoms with Crippen LogP contribution in [-0.2, 0) is 16.0 Å². The number of halogens is 1. The maximum absolute atomic E-state index is 13.5. The molecule has 2 aromatic heterocycles. The van der Waals surface area contributed by atoms with Gasteiger partial charge in [0.05, 0.1) is 24.5 Å². The number of nitrogens with zero attached hydrogens (tertiary/aromatic N) is 8. The Bertz CT molecular complexity index is 1430. The monoisotopic (exact) mass is 571 g/mol. The van der Waals surface area contributed by atoms with E-state index in [1.165, 1.54) is 35.4 Å². The van der Waals surface area contributed by atoms with Gasteiger partial charge in [-0.15, -0.1) is 5.10 Å². The summed E-state index contributed by atoms with van der Waals surface area (Å²) in [6.45, 7) is 6.10. The van der Waals surface area contributed by atoms with Gasteiger partial charge in [-0.25, -0.2) is 9.37 Å². The average molecular weight is 572 g/mol. The topological polar surface area (TPSA) is 105 Å². The standard InChI is InChI=1S/C25H30FN9O2S2/c1-5-19-23(32(4)35-29-22(20(13-27)39-35)16-7-9-17(26)10-8-16)34-24(28-19)38-25(30-34)33-12-11-18(14-33)31(3)15-21(36)37-6-2/h7-10,18,29H,5-6,11-12,14-15H2,1-4H3. The maximum Gasteiger partial charge on any atom is 0.320 e. The average Bonchev–Trinajstić information content (AvgIpc) is 3.70. The number of carbonyl (C=O) groups is 1. The van der Waals surface area contributed by atoms with Gasteiger partial charge in [-0.2, -0.15) is 9.78 Å². The van der Waals surface area contributed by atoms with E-state index in [2.05, 4.69) is 16.4 Å². The largest absolute Gasteiger partial charge is 0.465 e. The number of hydrogen-bond donors (Lipinski definition) is 1. The van der Waals surface area contributed by atoms with Gasteiger partial charge in [-0.3, -0.25) is 20.1 Å². The number of hydrogen-bond acceptors (Lipinski definition) is 12. The summed E-state index contributed by atoms with van der Waals surface area (Å²) in [4.78, 5) is 22.3. The van der Waals surface area contributed by atoms with E-state index in [1.54, 1.807) is 16.7 Å². The zero-order valence-electron chi connectivity index (χ0n) is 22.2. The maximum atomic E-state index is 13.5. The molecule has 2 aliphatic rings. The Labute approximate surface area is 234 Å². The van der Waals surface area contributed by atoms with Crippen LogP contribution < -0.4 is 15.3 Å². The molecular formula is C25H30FN9O2S2. The second kappa shape index (κ2) is 11.4. The third-order valence-electron chi connectivity index (χ3n) is 6.74. The third kappa shape index (κ3) is 5.40. The molecule has 1 fully saturated rings. The fourth-order valence-corrected chi connectivity index (χ4v) is 6.44. The van der Waals surface area contributed by atoms with Gasteiger partial charge in [0.1, 0.15) is 16.8 Å². The Hall–Kier alpha value is -3.38. The number of esters is 1. The number of ether oxygens (including phenoxy) is 1. The van der Waals surface area contributed by atoms with Crippen molar-refractivity contribution in [3.8, 4) is 6.07 Å². The minimum atomic E-state index is -0.332. The van der Waals surface area contributed by atoms with Crippen molar-refractivity contribution in [2.24, 2.45) is 0 Å². The molecule has 2 aliphatic heterocycles. The molecule has 0 amide bonds. The first-order valence-electron chi connectivity index (χ1n) is 12.7. The van der Waals surface area contributed by atoms with Gasteiger partial charge in [0.2, 0.25) is 10.1 Å². The van der Waals surface area contributed by atoms with Crippen molar-refractivity contribution in [2.75, 3.05) is 50.2 Å². The molecule has 3 aromatic rings. The molecule has 1 atom stereocenters. The van der Waals surface area contributed by atoms with Gasteiger partial charge in [-0.1, -0.05) is 22.8 Å². The Kier molecular flexibility index (Phi) is 7.94. The fraction of sp³-hybridized carbons (Fsp3) is 0.440. The van der Waals surface area contributed by atoms with E-state index in [4.69, 9.17) is 14.8 Å². The van der Waals surface area contributed by atoms with Crippen LogP contribution in [0.2, 0.25) is 0 Å². The second-order valence-electron chi connectivity index (χ2n) is 9.25. The number of nitriles is 1. The predicted octanol–water partition coefficient (Wildman–Crippen LogP) is 3.28. The molecule has 1 N–H and O–H groups in total. The summed E-state index contributed by atoms with van der Waals surface area (Å²) in [5.74, 6) is 0.250. The van der Waals surface area contributed by atoms with E-state index in [9.17, 15) is 14.4 Å². The lowest BCUT2D eigenvalue weighted by atomic mass is 10.1. The number of aromatic nitrogens is 3. The molecule has 1 unspecified atom stereocenters. The van der Waals surface area contributed by atoms with Crippen molar-refractivity contribution in [2.45, 2.75) is 32.7 Å². The Morgan fingerprint density at radius 1 is 1.31 bits per heavy atom. The number of likely N-dealkylation sites (N-methyl/N-ethyl adjacent to an activating group) is 1. The van der Waals surface area contributed by atoms with Crippen LogP contribution in [0.25, 0.3) is 10.7 Å². The molecular weight excluding hydrogens is 541 g/mol. The van der Waals surface area contributed by atoms with Gasteiger partial charge in [-0.05, 0) is 51.1 Å². The first-order valence-corrected chi connectivity index (χ1v) is 14.3. The molecule has 39 heavy (non-hydrogen) atoms. The van der Waals surface area contributed by atoms with Gasteiger partial charge in [0.15, 0.2) is 5.82 Å². The minimum Gasteiger partial charge on any atom is -0.465 e. The number of benzene rings is 1. The number of allylic oxidation sites excluding steroid dienone is 1. The van der Waals surface area contributed by atoms with Crippen LogP contribution in [-0.4, -0.2) is 76.4 Å². The highest BCUT2D eigenvalue weighted by Crippen LogP contribution is 2.38. The summed E-state index contributed by atoms with van der Waals surface area (Å²) in [5.41, 5.74) is 5.49. The molecule has 0 spiro atoms. The van der Waals surface area contributed by atoms with E-state index in [0.717, 1.165) is 46.7 Å². The number of fused-ring (bicyclic) bond motifs is 1. The smallest absolute Gasteiger partial charge is 0.320 e. The lowest BCUT2D eigenvalue weighted by Crippen LogP contribution is -2.42. The Balaban J connectivity index is 1.34. The Morgan fingerprint density at radius 3 is 2.77 bits per heavy atom. The zero-order chi connectivity index (χ0) is 27.7. The number of carbonyl (C=O) groups excluding carboxylic acids is 1. The van der Waals surface area contributed by atoms with Crippen LogP contribution in [0.3, 0.4) is 0 Å². The van der Waals surface area contributed by atoms with Crippen molar-refractivity contribution in [1.82, 2.24) is 29.4 Å². The molecule has 4 heterocycles. The predicted molar refractivity (Wildman–Crippen MR) is 150 cm³/mol. The first-order chi connectivity index (χ1) is 18.8. The number of anilines is 2. The van der Waals surface area contributed by atoms with Gasteiger partial charge >= 0.3 is 5.97 Å². The summed E-state index contributed by atoms with van der Waals surface area (Å²) in [6, 6.07) is 8.51. The molecule has 1 aromatic carbocycles. The molecule has 206 valence electrons. The third-order valence-corrected chi connectivity index (χ3v) is 8.70. The van der Waals surface area contributed by atoms with Crippen LogP contribution in [0, 0.1) is 17.1 Å². The Morgan fingerprint density at radius 2 is 2.08 bits per heavy atom. The summed E-state index contributed by atoms with van der Waals surface area (Å²) in [5, 5.41) is 17.4. The molecule has 0 radical (unpaired) electrons. The van der Waals surface area contributed by atoms with E-state index in [1.807, 2.05) is 42.4 Å². The number of nitrogens with one attached hydrogen (secondary N) is 1. The van der Waals surface area contributed by atoms with E-state index >= 15 is 0 Å². The lowest BCUT2D eigenvalue weighted by Gasteiger charge is -2.28. The molecule has 0 aliphatic carbocycles. The molecule has 0 saturated carbocycles. The fourth-order valence-electron chi connectivity index (χ4n) is 4.69. The number of imidazole rings is 1. The summed E-state index contributed by atoms with van der Waals surface area (Å²) in [7, 11) is 3.84. The van der Waals surface area contributed by atoms with Crippen LogP contribution in [0.1, 0.15) is 31.5 Å². The summed E-state index contributed by atoms with van der Waals surface area (Å²) >= 11 is 2.78. The van der Waals surface area contributed by atoms with Crippen molar-refractivity contribution in [3.05, 3.63) is 46.2 Å². The van der Waals surface area contributed by atoms with Crippen molar-refractivity contribution in [3.63, 3.8) is 0 Å². The van der Waals surface area contributed by atoms with Crippen LogP contribution in [0.5, 0.6) is 0 Å². The zero-order valence-corrected chi connectivity index (χ0v) is 23.9. The number of hydrazine groups is 2. The molecule has 5 rings (SSSR count). The van der Waals surface area contributed by atoms with Crippen molar-refractivity contribution < 1.29 is 13.9 Å². The molecule has 11 nitrogen and oxygen atoms in total. The highest BCUT2D eigenvalue weighted by molar-refractivity contribution is 8.01. The van der Waals surface area contributed by atoms with E-state index in [0.29, 0.717) is 23.6 Å². The highest BCUT2D eigenvalue weighted by atomic mass is 32.2. The van der Waals surface area contributed by atoms with Crippen molar-refractivity contribution in [1.29, 1.82) is 5.26 Å². The SMILES string of the molecule is CCOC(=O)CN(C)C1CCN(c2nn3c(N(C)N4NC(c5ccc(F)cc5)=C(C#N)S4)c(CC)nc3s2)C1. The van der Waals surface area contributed by atoms with Gasteiger partial charge < -0.3 is 9.64 Å². The molecule has 1 saturated heterocycles. The summed E-state index contributed by atoms with van der Waals surface area (Å²) in [6.07, 6.45) is 1.63. The second-order valence-corrected chi connectivity index (χ2v) is 11.1. The van der Waals surface area contributed by atoms with Crippen LogP contribution in [0.4, 0.5) is 15.3 Å². The minimum absolute atomic E-state index is 0.212. The molecule has 0 bridgehead atoms. The number of aryl methyl sites for hydroxylation is 1. The van der Waals surface area contributed by atoms with Gasteiger partial charge in [0, 0.05) is 43.7 Å². The van der Waals surface area contributed by atoms with Crippen molar-refractivity contribution >= 4 is 50.9 Å². The lowest BCUT2D eigenvalue weighted by molar-refractivity contribution is -0.144. The van der Waals surface area contributed by atoms with E-state index < -0.39 is 0 Å². The van der Waals surface area contributed by atoms with Crippen LogP contribution in [0.15, 0.2) is 29.2 Å². The van der Waals surface area contributed by atoms with Crippen LogP contribution >= 0.6 is 23.3 Å². The first kappa shape index (κ1) is 27.2. The highest BCUT2D eigenvalue weighted by Gasteiger charge is 2.33. The molecule has 14 heteroatoms. The van der Waals surface area contributed by atoms with E-state index in [-0.39, 0.29) is 24.4 Å². The van der Waals surface area contributed by atoms with Gasteiger partial charge in [0.25, 0.3) is 0 Å². The number of rotatable bonds is 9. The normalized spacial score (nSPS) is 17.8. The summed E-state index contributed by atoms with van der Waals surface area (Å²) < 4.78 is 22.2.